The maximum atomic E-state index is 12.0. The number of ether oxygens (including phenoxy) is 1. The highest BCUT2D eigenvalue weighted by Crippen LogP contribution is 2.79. The van der Waals surface area contributed by atoms with Crippen molar-refractivity contribution in [1.29, 1.82) is 0 Å². The van der Waals surface area contributed by atoms with Gasteiger partial charge in [0.15, 0.2) is 0 Å². The molecule has 0 unspecified atom stereocenters. The molecule has 3 aliphatic rings. The van der Waals surface area contributed by atoms with E-state index in [1.807, 2.05) is 0 Å². The standard InChI is InChI=1S/C14H18O2/c1-10(15)14-8-13(14,9-16-2)11-5-3-4-6-12(14)7-11/h3-6,11-12H,7-9H2,1-2H3/t11-,12+,13+,14-/m0/s1. The smallest absolute Gasteiger partial charge is 0.137 e. The van der Waals surface area contributed by atoms with E-state index < -0.39 is 0 Å². The van der Waals surface area contributed by atoms with Crippen LogP contribution >= 0.6 is 0 Å². The Morgan fingerprint density at radius 2 is 2.06 bits per heavy atom. The second kappa shape index (κ2) is 3.07. The number of methoxy groups -OCH3 is 1. The molecule has 0 aromatic rings. The van der Waals surface area contributed by atoms with Gasteiger partial charge in [0.1, 0.15) is 5.78 Å². The summed E-state index contributed by atoms with van der Waals surface area (Å²) in [5, 5.41) is 0. The zero-order valence-corrected chi connectivity index (χ0v) is 9.90. The van der Waals surface area contributed by atoms with E-state index >= 15 is 0 Å². The van der Waals surface area contributed by atoms with Gasteiger partial charge in [0.05, 0.1) is 6.61 Å². The molecule has 2 fully saturated rings. The molecule has 0 spiro atoms. The van der Waals surface area contributed by atoms with Gasteiger partial charge in [0.25, 0.3) is 0 Å². The first-order valence-corrected chi connectivity index (χ1v) is 6.02. The first kappa shape index (κ1) is 10.3. The molecule has 2 saturated carbocycles. The fourth-order valence-corrected chi connectivity index (χ4v) is 4.30. The number of rotatable bonds is 3. The molecule has 0 amide bonds. The van der Waals surface area contributed by atoms with Gasteiger partial charge in [-0.1, -0.05) is 24.3 Å². The summed E-state index contributed by atoms with van der Waals surface area (Å²) in [5.74, 6) is 1.31. The van der Waals surface area contributed by atoms with Crippen molar-refractivity contribution in [2.45, 2.75) is 19.8 Å². The van der Waals surface area contributed by atoms with Crippen LogP contribution in [0.1, 0.15) is 19.8 Å². The Balaban J connectivity index is 2.04. The quantitative estimate of drug-likeness (QED) is 0.727. The van der Waals surface area contributed by atoms with Crippen molar-refractivity contribution in [2.24, 2.45) is 22.7 Å². The molecule has 0 heterocycles. The van der Waals surface area contributed by atoms with Gasteiger partial charge in [-0.05, 0) is 31.6 Å². The molecular formula is C14H18O2. The van der Waals surface area contributed by atoms with E-state index in [2.05, 4.69) is 24.3 Å². The van der Waals surface area contributed by atoms with Crippen LogP contribution in [0.5, 0.6) is 0 Å². The Morgan fingerprint density at radius 1 is 1.38 bits per heavy atom. The number of ketones is 1. The Kier molecular flexibility index (Phi) is 1.97. The Labute approximate surface area is 96.4 Å². The normalized spacial score (nSPS) is 47.6. The Bertz CT molecular complexity index is 396. The molecule has 2 nitrogen and oxygen atoms in total. The van der Waals surface area contributed by atoms with Gasteiger partial charge in [0.2, 0.25) is 0 Å². The summed E-state index contributed by atoms with van der Waals surface area (Å²) < 4.78 is 5.38. The molecule has 0 aliphatic heterocycles. The van der Waals surface area contributed by atoms with Gasteiger partial charge in [0, 0.05) is 17.9 Å². The number of Topliss-reactive ketones (excluding diaryl/α,β-unsaturated/α-hetero) is 1. The number of allylic oxidation sites excluding steroid dienone is 4. The van der Waals surface area contributed by atoms with Crippen LogP contribution in [0.25, 0.3) is 0 Å². The van der Waals surface area contributed by atoms with Gasteiger partial charge in [-0.3, -0.25) is 4.79 Å². The Morgan fingerprint density at radius 3 is 2.69 bits per heavy atom. The van der Waals surface area contributed by atoms with Crippen LogP contribution in [-0.2, 0) is 9.53 Å². The summed E-state index contributed by atoms with van der Waals surface area (Å²) >= 11 is 0. The lowest BCUT2D eigenvalue weighted by Gasteiger charge is -2.22. The number of hydrogen-bond donors (Lipinski definition) is 0. The van der Waals surface area contributed by atoms with Crippen molar-refractivity contribution in [3.05, 3.63) is 24.3 Å². The predicted octanol–water partition coefficient (Wildman–Crippen LogP) is 2.36. The van der Waals surface area contributed by atoms with Crippen LogP contribution in [0.4, 0.5) is 0 Å². The van der Waals surface area contributed by atoms with Gasteiger partial charge in [-0.15, -0.1) is 0 Å². The summed E-state index contributed by atoms with van der Waals surface area (Å²) in [6.45, 7) is 2.48. The van der Waals surface area contributed by atoms with Gasteiger partial charge in [-0.2, -0.15) is 0 Å². The fourth-order valence-electron chi connectivity index (χ4n) is 4.30. The van der Waals surface area contributed by atoms with Crippen molar-refractivity contribution in [2.75, 3.05) is 13.7 Å². The molecule has 4 atom stereocenters. The topological polar surface area (TPSA) is 26.3 Å². The summed E-state index contributed by atoms with van der Waals surface area (Å²) in [7, 11) is 1.74. The van der Waals surface area contributed by atoms with E-state index in [4.69, 9.17) is 4.74 Å². The minimum atomic E-state index is -0.102. The third kappa shape index (κ3) is 0.945. The number of hydrogen-bond acceptors (Lipinski definition) is 2. The van der Waals surface area contributed by atoms with Crippen molar-refractivity contribution < 1.29 is 9.53 Å². The third-order valence-corrected chi connectivity index (χ3v) is 5.04. The summed E-state index contributed by atoms with van der Waals surface area (Å²) in [6, 6.07) is 0. The monoisotopic (exact) mass is 218 g/mol. The number of carbonyl (C=O) groups is 1. The zero-order chi connectivity index (χ0) is 11.4. The lowest BCUT2D eigenvalue weighted by Crippen LogP contribution is -2.27. The minimum absolute atomic E-state index is 0.102. The first-order valence-electron chi connectivity index (χ1n) is 6.02. The van der Waals surface area contributed by atoms with Crippen LogP contribution < -0.4 is 0 Å². The van der Waals surface area contributed by atoms with Crippen molar-refractivity contribution in [1.82, 2.24) is 0 Å². The molecule has 3 rings (SSSR count). The van der Waals surface area contributed by atoms with Crippen LogP contribution in [0.15, 0.2) is 24.3 Å². The molecule has 0 saturated heterocycles. The van der Waals surface area contributed by atoms with E-state index in [0.717, 1.165) is 19.4 Å². The molecule has 16 heavy (non-hydrogen) atoms. The van der Waals surface area contributed by atoms with Crippen LogP contribution in [0.2, 0.25) is 0 Å². The average molecular weight is 218 g/mol. The summed E-state index contributed by atoms with van der Waals surface area (Å²) in [6.07, 6.45) is 10.9. The fraction of sp³-hybridized carbons (Fsp3) is 0.643. The van der Waals surface area contributed by atoms with E-state index in [9.17, 15) is 4.79 Å². The van der Waals surface area contributed by atoms with E-state index in [1.54, 1.807) is 14.0 Å². The first-order chi connectivity index (χ1) is 7.67. The van der Waals surface area contributed by atoms with E-state index in [-0.39, 0.29) is 10.8 Å². The highest BCUT2D eigenvalue weighted by atomic mass is 16.5. The second-order valence-electron chi connectivity index (χ2n) is 5.51. The lowest BCUT2D eigenvalue weighted by molar-refractivity contribution is -0.124. The SMILES string of the molecule is COC[C@@]12C[C@]1(C(C)=O)[C@@H]1C=CC=C[C@H]2C1. The van der Waals surface area contributed by atoms with E-state index in [1.165, 1.54) is 0 Å². The van der Waals surface area contributed by atoms with Gasteiger partial charge >= 0.3 is 0 Å². The van der Waals surface area contributed by atoms with Gasteiger partial charge in [-0.25, -0.2) is 0 Å². The van der Waals surface area contributed by atoms with Crippen molar-refractivity contribution >= 4 is 5.78 Å². The average Bonchev–Trinajstić information content (AvgIpc) is 2.88. The summed E-state index contributed by atoms with van der Waals surface area (Å²) in [4.78, 5) is 12.0. The predicted molar refractivity (Wildman–Crippen MR) is 61.9 cm³/mol. The van der Waals surface area contributed by atoms with Crippen molar-refractivity contribution in [3.8, 4) is 0 Å². The molecule has 0 N–H and O–H groups in total. The molecule has 2 heteroatoms. The highest BCUT2D eigenvalue weighted by Gasteiger charge is 2.79. The van der Waals surface area contributed by atoms with Crippen LogP contribution in [0, 0.1) is 22.7 Å². The zero-order valence-electron chi connectivity index (χ0n) is 9.90. The number of fused-ring (bicyclic) bond motifs is 5. The van der Waals surface area contributed by atoms with Crippen LogP contribution in [0.3, 0.4) is 0 Å². The summed E-state index contributed by atoms with van der Waals surface area (Å²) in [5.41, 5.74) is 0.00838. The Hall–Kier alpha value is -0.890. The van der Waals surface area contributed by atoms with Crippen LogP contribution in [-0.4, -0.2) is 19.5 Å². The van der Waals surface area contributed by atoms with Crippen molar-refractivity contribution in [3.63, 3.8) is 0 Å². The highest BCUT2D eigenvalue weighted by molar-refractivity contribution is 5.88. The van der Waals surface area contributed by atoms with E-state index in [0.29, 0.717) is 17.6 Å². The molecule has 3 aliphatic carbocycles. The second-order valence-corrected chi connectivity index (χ2v) is 5.51. The molecule has 86 valence electrons. The molecule has 0 radical (unpaired) electrons. The minimum Gasteiger partial charge on any atom is -0.384 e. The maximum absolute atomic E-state index is 12.0. The largest absolute Gasteiger partial charge is 0.384 e. The molecule has 0 aromatic heterocycles. The number of carbonyl (C=O) groups excluding carboxylic acids is 1. The maximum Gasteiger partial charge on any atom is 0.137 e. The molecule has 2 bridgehead atoms. The lowest BCUT2D eigenvalue weighted by atomic mass is 9.83. The third-order valence-electron chi connectivity index (χ3n) is 5.04. The van der Waals surface area contributed by atoms with Gasteiger partial charge < -0.3 is 4.74 Å². The molecular weight excluding hydrogens is 200 g/mol. The molecule has 0 aromatic carbocycles.